The van der Waals surface area contributed by atoms with E-state index in [-0.39, 0.29) is 12.4 Å². The van der Waals surface area contributed by atoms with Crippen LogP contribution in [-0.2, 0) is 14.3 Å². The Labute approximate surface area is 86.3 Å². The molecule has 0 aromatic heterocycles. The number of carbonyl (C=O) groups excluding carboxylic acids is 2. The lowest BCUT2D eigenvalue weighted by Gasteiger charge is -2.22. The SMILES string of the molecule is CC1(C)CC(=O)OC1C(=O)C(Cl)Cl. The molecule has 1 atom stereocenters. The van der Waals surface area contributed by atoms with Gasteiger partial charge in [-0.25, -0.2) is 0 Å². The van der Waals surface area contributed by atoms with Crippen molar-refractivity contribution in [2.45, 2.75) is 31.2 Å². The first-order valence-electron chi connectivity index (χ1n) is 3.86. The minimum absolute atomic E-state index is 0.226. The lowest BCUT2D eigenvalue weighted by molar-refractivity contribution is -0.148. The molecular weight excluding hydrogens is 215 g/mol. The number of esters is 1. The Balaban J connectivity index is 2.81. The van der Waals surface area contributed by atoms with Gasteiger partial charge in [-0.15, -0.1) is 0 Å². The Morgan fingerprint density at radius 3 is 2.46 bits per heavy atom. The minimum atomic E-state index is -1.13. The molecule has 0 spiro atoms. The van der Waals surface area contributed by atoms with Gasteiger partial charge in [0.05, 0.1) is 6.42 Å². The molecule has 0 saturated carbocycles. The smallest absolute Gasteiger partial charge is 0.307 e. The minimum Gasteiger partial charge on any atom is -0.454 e. The van der Waals surface area contributed by atoms with Gasteiger partial charge in [0.1, 0.15) is 0 Å². The molecule has 0 radical (unpaired) electrons. The molecule has 13 heavy (non-hydrogen) atoms. The van der Waals surface area contributed by atoms with Crippen LogP contribution in [0.3, 0.4) is 0 Å². The highest BCUT2D eigenvalue weighted by molar-refractivity contribution is 6.54. The van der Waals surface area contributed by atoms with E-state index >= 15 is 0 Å². The lowest BCUT2D eigenvalue weighted by atomic mass is 9.84. The van der Waals surface area contributed by atoms with Gasteiger partial charge < -0.3 is 4.74 Å². The molecule has 0 bridgehead atoms. The van der Waals surface area contributed by atoms with E-state index in [4.69, 9.17) is 27.9 Å². The maximum absolute atomic E-state index is 11.4. The fraction of sp³-hybridized carbons (Fsp3) is 0.750. The van der Waals surface area contributed by atoms with Crippen molar-refractivity contribution in [1.29, 1.82) is 0 Å². The zero-order chi connectivity index (χ0) is 10.2. The Kier molecular flexibility index (Phi) is 2.88. The fourth-order valence-electron chi connectivity index (χ4n) is 1.35. The second-order valence-corrected chi connectivity index (χ2v) is 4.83. The molecule has 0 N–H and O–H groups in total. The lowest BCUT2D eigenvalue weighted by Crippen LogP contribution is -2.36. The summed E-state index contributed by atoms with van der Waals surface area (Å²) in [5.41, 5.74) is -0.504. The third-order valence-corrected chi connectivity index (χ3v) is 2.46. The number of hydrogen-bond acceptors (Lipinski definition) is 3. The molecule has 1 heterocycles. The van der Waals surface area contributed by atoms with Gasteiger partial charge in [0.2, 0.25) is 5.78 Å². The van der Waals surface area contributed by atoms with Crippen LogP contribution < -0.4 is 0 Å². The van der Waals surface area contributed by atoms with E-state index in [0.29, 0.717) is 0 Å². The normalized spacial score (nSPS) is 26.2. The van der Waals surface area contributed by atoms with Gasteiger partial charge >= 0.3 is 5.97 Å². The second-order valence-electron chi connectivity index (χ2n) is 3.74. The third-order valence-electron chi connectivity index (χ3n) is 2.03. The monoisotopic (exact) mass is 224 g/mol. The number of ketones is 1. The molecule has 3 nitrogen and oxygen atoms in total. The van der Waals surface area contributed by atoms with Gasteiger partial charge in [-0.05, 0) is 0 Å². The number of hydrogen-bond donors (Lipinski definition) is 0. The zero-order valence-corrected chi connectivity index (χ0v) is 8.85. The molecule has 0 aliphatic carbocycles. The predicted octanol–water partition coefficient (Wildman–Crippen LogP) is 1.70. The van der Waals surface area contributed by atoms with Crippen molar-refractivity contribution >= 4 is 35.0 Å². The van der Waals surface area contributed by atoms with Crippen molar-refractivity contribution in [3.05, 3.63) is 0 Å². The summed E-state index contributed by atoms with van der Waals surface area (Å²) >= 11 is 10.8. The van der Waals surface area contributed by atoms with Gasteiger partial charge in [-0.2, -0.15) is 0 Å². The first kappa shape index (κ1) is 10.8. The number of Topliss-reactive ketones (excluding diaryl/α,β-unsaturated/α-hetero) is 1. The Morgan fingerprint density at radius 1 is 1.62 bits per heavy atom. The molecule has 1 rings (SSSR count). The summed E-state index contributed by atoms with van der Waals surface area (Å²) in [6.45, 7) is 3.55. The first-order chi connectivity index (χ1) is 5.84. The summed E-state index contributed by atoms with van der Waals surface area (Å²) < 4.78 is 4.84. The van der Waals surface area contributed by atoms with Crippen molar-refractivity contribution in [2.24, 2.45) is 5.41 Å². The first-order valence-corrected chi connectivity index (χ1v) is 4.73. The van der Waals surface area contributed by atoms with Crippen LogP contribution in [0.4, 0.5) is 0 Å². The van der Waals surface area contributed by atoms with Gasteiger partial charge in [0.15, 0.2) is 10.9 Å². The average Bonchev–Trinajstić information content (AvgIpc) is 2.22. The molecule has 1 aliphatic rings. The molecule has 5 heteroatoms. The van der Waals surface area contributed by atoms with Crippen LogP contribution >= 0.6 is 23.2 Å². The molecule has 1 fully saturated rings. The maximum atomic E-state index is 11.4. The highest BCUT2D eigenvalue weighted by Crippen LogP contribution is 2.36. The number of rotatable bonds is 2. The quantitative estimate of drug-likeness (QED) is 0.530. The molecule has 0 amide bonds. The number of ether oxygens (including phenoxy) is 1. The number of alkyl halides is 2. The van der Waals surface area contributed by atoms with E-state index in [0.717, 1.165) is 0 Å². The second kappa shape index (κ2) is 3.46. The number of halogens is 2. The van der Waals surface area contributed by atoms with E-state index in [1.165, 1.54) is 0 Å². The molecule has 1 saturated heterocycles. The van der Waals surface area contributed by atoms with Crippen LogP contribution in [0, 0.1) is 5.41 Å². The van der Waals surface area contributed by atoms with Crippen molar-refractivity contribution in [1.82, 2.24) is 0 Å². The Hall–Kier alpha value is -0.280. The summed E-state index contributed by atoms with van der Waals surface area (Å²) in [6.07, 6.45) is -0.579. The van der Waals surface area contributed by atoms with Gasteiger partial charge in [-0.3, -0.25) is 9.59 Å². The third kappa shape index (κ3) is 2.15. The topological polar surface area (TPSA) is 43.4 Å². The van der Waals surface area contributed by atoms with Crippen molar-refractivity contribution in [2.75, 3.05) is 0 Å². The summed E-state index contributed by atoms with van der Waals surface area (Å²) in [4.78, 5) is 21.2. The fourth-order valence-corrected chi connectivity index (χ4v) is 1.58. The summed E-state index contributed by atoms with van der Waals surface area (Å²) in [6, 6.07) is 0. The number of cyclic esters (lactones) is 1. The molecule has 74 valence electrons. The average molecular weight is 225 g/mol. The Bertz CT molecular complexity index is 248. The van der Waals surface area contributed by atoms with Gasteiger partial charge in [0.25, 0.3) is 0 Å². The maximum Gasteiger partial charge on any atom is 0.307 e. The van der Waals surface area contributed by atoms with E-state index in [9.17, 15) is 9.59 Å². The van der Waals surface area contributed by atoms with E-state index < -0.39 is 22.1 Å². The molecule has 0 aromatic rings. The summed E-state index contributed by atoms with van der Waals surface area (Å²) in [5.74, 6) is -0.823. The molecule has 1 unspecified atom stereocenters. The van der Waals surface area contributed by atoms with Gasteiger partial charge in [-0.1, -0.05) is 37.0 Å². The zero-order valence-electron chi connectivity index (χ0n) is 7.34. The molecule has 1 aliphatic heterocycles. The van der Waals surface area contributed by atoms with Crippen molar-refractivity contribution in [3.8, 4) is 0 Å². The van der Waals surface area contributed by atoms with Gasteiger partial charge in [0, 0.05) is 5.41 Å². The van der Waals surface area contributed by atoms with E-state index in [2.05, 4.69) is 0 Å². The highest BCUT2D eigenvalue weighted by atomic mass is 35.5. The van der Waals surface area contributed by atoms with Crippen LogP contribution in [0.5, 0.6) is 0 Å². The predicted molar refractivity (Wildman–Crippen MR) is 48.8 cm³/mol. The van der Waals surface area contributed by atoms with E-state index in [1.807, 2.05) is 0 Å². The van der Waals surface area contributed by atoms with Crippen LogP contribution in [0.2, 0.25) is 0 Å². The van der Waals surface area contributed by atoms with Crippen molar-refractivity contribution in [3.63, 3.8) is 0 Å². The van der Waals surface area contributed by atoms with Crippen LogP contribution in [-0.4, -0.2) is 22.7 Å². The standard InChI is InChI=1S/C8H10Cl2O3/c1-8(2)3-4(11)13-6(8)5(12)7(9)10/h6-7H,3H2,1-2H3. The summed E-state index contributed by atoms with van der Waals surface area (Å²) in [7, 11) is 0. The van der Waals surface area contributed by atoms with Crippen LogP contribution in [0.25, 0.3) is 0 Å². The highest BCUT2D eigenvalue weighted by Gasteiger charge is 2.47. The molecular formula is C8H10Cl2O3. The van der Waals surface area contributed by atoms with Crippen LogP contribution in [0.15, 0.2) is 0 Å². The van der Waals surface area contributed by atoms with Crippen LogP contribution in [0.1, 0.15) is 20.3 Å². The largest absolute Gasteiger partial charge is 0.454 e. The molecule has 0 aromatic carbocycles. The summed E-state index contributed by atoms with van der Waals surface area (Å²) in [5, 5.41) is 0. The van der Waals surface area contributed by atoms with Crippen molar-refractivity contribution < 1.29 is 14.3 Å². The Morgan fingerprint density at radius 2 is 2.15 bits per heavy atom. The van der Waals surface area contributed by atoms with E-state index in [1.54, 1.807) is 13.8 Å². The number of carbonyl (C=O) groups is 2.